The molecule has 3 N–H and O–H groups in total. The fourth-order valence-corrected chi connectivity index (χ4v) is 11.9. The Hall–Kier alpha value is -5.25. The summed E-state index contributed by atoms with van der Waals surface area (Å²) in [6.07, 6.45) is 2.95. The first-order valence-corrected chi connectivity index (χ1v) is 25.2. The number of thioether (sulfide) groups is 2. The van der Waals surface area contributed by atoms with Crippen molar-refractivity contribution < 1.29 is 30.9 Å². The number of carbonyl (C=O) groups is 1. The predicted molar refractivity (Wildman–Crippen MR) is 271 cm³/mol. The molecule has 0 radical (unpaired) electrons. The van der Waals surface area contributed by atoms with E-state index in [0.717, 1.165) is 70.8 Å². The second-order valence-corrected chi connectivity index (χ2v) is 21.8. The number of fused-ring (bicyclic) bond motifs is 2. The van der Waals surface area contributed by atoms with Crippen molar-refractivity contribution in [2.24, 2.45) is 0 Å². The number of nitrogens with two attached hydrogens (primary N) is 1. The van der Waals surface area contributed by atoms with Crippen LogP contribution in [0.1, 0.15) is 70.4 Å². The molecule has 5 aromatic heterocycles. The highest BCUT2D eigenvalue weighted by Crippen LogP contribution is 2.31. The SMILES string of the molecule is CCS(=O)(=O)c1nc2ncn(-c3ccccc3C)c(=O)c2s1.CCSc1nc(N)c(C(=O)Nc2c(C)cccc2C)s1.CCSc1nc2ncn(-c3ccccc3C)c(=O)c2s1.[2HH].[2HH].[2H][2H].[2H][2H].[2H][2H].[2H][2H].[2H][2H]. The summed E-state index contributed by atoms with van der Waals surface area (Å²) in [4.78, 5) is 59.0. The molecule has 336 valence electrons. The molecule has 0 aliphatic heterocycles. The maximum atomic E-state index is 12.6. The van der Waals surface area contributed by atoms with Crippen LogP contribution in [0.5, 0.6) is 0 Å². The Morgan fingerprint density at radius 1 is 0.710 bits per heavy atom. The molecular formula is C42H57N9O5S6. The Labute approximate surface area is 397 Å². The van der Waals surface area contributed by atoms with Gasteiger partial charge >= 0.3 is 0 Å². The van der Waals surface area contributed by atoms with Crippen LogP contribution >= 0.6 is 57.5 Å². The van der Waals surface area contributed by atoms with Crippen LogP contribution in [-0.2, 0) is 9.84 Å². The molecule has 14 nitrogen and oxygen atoms in total. The predicted octanol–water partition coefficient (Wildman–Crippen LogP) is 10.6. The number of aromatic nitrogens is 7. The Morgan fingerprint density at radius 2 is 1.19 bits per heavy atom. The van der Waals surface area contributed by atoms with E-state index < -0.39 is 9.84 Å². The number of nitrogens with zero attached hydrogens (tertiary/aromatic N) is 7. The van der Waals surface area contributed by atoms with Crippen LogP contribution < -0.4 is 22.2 Å². The third-order valence-corrected chi connectivity index (χ3v) is 16.5. The van der Waals surface area contributed by atoms with Crippen LogP contribution in [0.4, 0.5) is 11.5 Å². The minimum Gasteiger partial charge on any atom is -0.382 e. The standard InChI is InChI=1S/C14H13N3O3S2.C14H13N3OS2.C14H17N3OS2.7H2/c1-3-22(19,20)14-16-12-11(21-14)13(18)17(8-15-12)10-7-5-4-6-9(10)2;1-3-19-14-16-12-11(20-14)13(18)17(8-15-12)10-7-5-4-6-9(10)2;1-4-19-14-17-12(15)11(20-14)13(18)16-10-8(2)6-5-7-9(10)3;;;;;;;/h4-8H,3H2,1-2H3;4-8H,3H2,1-2H3;5-7H,4,15H2,1-3H3,(H,16,18);7*1H/i;;;5*1+1D;2*1+1. The number of amides is 1. The number of carbonyl (C=O) groups excluding carboxylic acids is 1. The van der Waals surface area contributed by atoms with E-state index in [1.807, 2.05) is 101 Å². The van der Waals surface area contributed by atoms with Crippen molar-refractivity contribution in [3.8, 4) is 11.4 Å². The number of aryl methyl sites for hydroxylation is 4. The van der Waals surface area contributed by atoms with Gasteiger partial charge in [0, 0.05) is 23.4 Å². The first-order valence-electron chi connectivity index (χ1n) is 24.2. The highest BCUT2D eigenvalue weighted by atomic mass is 32.2. The van der Waals surface area contributed by atoms with Crippen LogP contribution in [0, 0.1) is 27.7 Å². The number of hydrogen-bond donors (Lipinski definition) is 2. The lowest BCUT2D eigenvalue weighted by atomic mass is 10.1. The molecule has 20 heteroatoms. The van der Waals surface area contributed by atoms with E-state index in [1.54, 1.807) is 41.3 Å². The molecule has 8 rings (SSSR count). The fraction of sp³-hybridized carbons (Fsp3) is 0.238. The molecule has 0 fully saturated rings. The Balaban J connectivity index is 0. The number of benzene rings is 3. The summed E-state index contributed by atoms with van der Waals surface area (Å²) in [5.41, 5.74) is 12.6. The molecule has 8 aromatic rings. The molecule has 0 aliphatic carbocycles. The van der Waals surface area contributed by atoms with E-state index >= 15 is 0 Å². The lowest BCUT2D eigenvalue weighted by Gasteiger charge is -2.10. The maximum Gasteiger partial charge on any atom is 0.277 e. The highest BCUT2D eigenvalue weighted by Gasteiger charge is 2.21. The quantitative estimate of drug-likeness (QED) is 0.123. The smallest absolute Gasteiger partial charge is 0.277 e. The Kier molecular flexibility index (Phi) is 13.0. The number of thiazole rings is 3. The van der Waals surface area contributed by atoms with Crippen molar-refractivity contribution in [1.82, 2.24) is 34.1 Å². The molecule has 3 aromatic carbocycles. The second kappa shape index (κ2) is 20.3. The summed E-state index contributed by atoms with van der Waals surface area (Å²) in [6, 6.07) is 21.1. The number of nitrogen functional groups attached to an aromatic ring is 1. The van der Waals surface area contributed by atoms with E-state index in [9.17, 15) is 22.8 Å². The van der Waals surface area contributed by atoms with E-state index in [4.69, 9.17) is 20.6 Å². The first-order chi connectivity index (χ1) is 34.7. The molecule has 5 heterocycles. The van der Waals surface area contributed by atoms with E-state index in [1.165, 1.54) is 33.6 Å². The van der Waals surface area contributed by atoms with E-state index in [-0.39, 0.29) is 40.3 Å². The van der Waals surface area contributed by atoms with Gasteiger partial charge in [-0.25, -0.2) is 33.3 Å². The lowest BCUT2D eigenvalue weighted by molar-refractivity contribution is 0.103. The van der Waals surface area contributed by atoms with Gasteiger partial charge in [-0.15, -0.1) is 22.7 Å². The minimum atomic E-state index is -3.44. The van der Waals surface area contributed by atoms with Gasteiger partial charge in [0.2, 0.25) is 14.2 Å². The summed E-state index contributed by atoms with van der Waals surface area (Å²) in [5.74, 6) is 1.89. The molecule has 0 saturated carbocycles. The Bertz CT molecular complexity index is 3160. The number of para-hydroxylation sites is 3. The zero-order valence-corrected chi connectivity index (χ0v) is 39.7. The second-order valence-electron chi connectivity index (χ2n) is 13.4. The van der Waals surface area contributed by atoms with Crippen LogP contribution in [0.3, 0.4) is 0 Å². The number of sulfone groups is 1. The van der Waals surface area contributed by atoms with Crippen molar-refractivity contribution in [2.45, 2.75) is 61.5 Å². The lowest BCUT2D eigenvalue weighted by Crippen LogP contribution is -2.18. The Morgan fingerprint density at radius 3 is 1.71 bits per heavy atom. The molecule has 0 aliphatic rings. The third-order valence-electron chi connectivity index (χ3n) is 9.09. The summed E-state index contributed by atoms with van der Waals surface area (Å²) in [5, 5.41) is 2.93. The molecular weight excluding hydrogens is 903 g/mol. The largest absolute Gasteiger partial charge is 0.382 e. The molecule has 0 atom stereocenters. The van der Waals surface area contributed by atoms with Gasteiger partial charge in [-0.05, 0) is 73.6 Å². The summed E-state index contributed by atoms with van der Waals surface area (Å²) < 4.78 is 79.3. The van der Waals surface area contributed by atoms with Gasteiger partial charge in [0.05, 0.1) is 17.1 Å². The number of anilines is 2. The zero-order chi connectivity index (χ0) is 54.7. The van der Waals surface area contributed by atoms with Gasteiger partial charge < -0.3 is 11.1 Å². The molecule has 0 bridgehead atoms. The maximum absolute atomic E-state index is 12.6. The van der Waals surface area contributed by atoms with Gasteiger partial charge in [-0.2, -0.15) is 0 Å². The molecule has 0 unspecified atom stereocenters. The summed E-state index contributed by atoms with van der Waals surface area (Å²) in [6.45, 7) is 13.5. The van der Waals surface area contributed by atoms with Crippen LogP contribution in [0.2, 0.25) is 0 Å². The molecule has 0 spiro atoms. The average Bonchev–Trinajstić information content (AvgIpc) is 4.15. The molecule has 0 saturated heterocycles. The minimum absolute atomic E-state index is 0. The van der Waals surface area contributed by atoms with Crippen molar-refractivity contribution in [3.05, 3.63) is 127 Å². The number of hydrogen-bond acceptors (Lipinski definition) is 16. The van der Waals surface area contributed by atoms with Crippen molar-refractivity contribution in [2.75, 3.05) is 28.3 Å². The fourth-order valence-electron chi connectivity index (χ4n) is 5.88. The number of nitrogens with one attached hydrogen (secondary N) is 1. The first kappa shape index (κ1) is 39.6. The van der Waals surface area contributed by atoms with Crippen molar-refractivity contribution >= 4 is 105 Å². The third kappa shape index (κ3) is 10.3. The average molecular weight is 972 g/mol. The van der Waals surface area contributed by atoms with Gasteiger partial charge in [0.1, 0.15) is 32.7 Å². The molecule has 1 amide bonds. The van der Waals surface area contributed by atoms with Crippen molar-refractivity contribution in [1.29, 1.82) is 0 Å². The van der Waals surface area contributed by atoms with Gasteiger partial charge in [0.15, 0.2) is 20.0 Å². The normalized spacial score (nSPS) is 11.9. The van der Waals surface area contributed by atoms with Gasteiger partial charge in [0.25, 0.3) is 17.0 Å². The summed E-state index contributed by atoms with van der Waals surface area (Å²) in [7, 11) is -3.44. The monoisotopic (exact) mass is 971 g/mol. The highest BCUT2D eigenvalue weighted by molar-refractivity contribution is 8.01. The van der Waals surface area contributed by atoms with E-state index in [2.05, 4.69) is 37.2 Å². The zero-order valence-electron chi connectivity index (χ0n) is 44.8. The summed E-state index contributed by atoms with van der Waals surface area (Å²) >= 11 is 6.85. The number of rotatable bonds is 10. The molecule has 62 heavy (non-hydrogen) atoms. The van der Waals surface area contributed by atoms with Gasteiger partial charge in [-0.1, -0.05) is 110 Å². The van der Waals surface area contributed by atoms with E-state index in [0.29, 0.717) is 21.0 Å². The topological polar surface area (TPSA) is 198 Å². The van der Waals surface area contributed by atoms with Crippen LogP contribution in [-0.4, -0.2) is 65.6 Å². The van der Waals surface area contributed by atoms with Crippen LogP contribution in [0.15, 0.2) is 102 Å². The van der Waals surface area contributed by atoms with Crippen molar-refractivity contribution in [3.63, 3.8) is 0 Å². The van der Waals surface area contributed by atoms with Gasteiger partial charge in [-0.3, -0.25) is 23.5 Å². The van der Waals surface area contributed by atoms with Crippen LogP contribution in [0.25, 0.3) is 32.1 Å².